The highest BCUT2D eigenvalue weighted by Crippen LogP contribution is 2.57. The zero-order valence-corrected chi connectivity index (χ0v) is 15.1. The number of benzene rings is 2. The van der Waals surface area contributed by atoms with E-state index < -0.39 is 0 Å². The molecule has 0 unspecified atom stereocenters. The maximum atomic E-state index is 6.01. The van der Waals surface area contributed by atoms with E-state index in [-0.39, 0.29) is 0 Å². The van der Waals surface area contributed by atoms with Crippen molar-refractivity contribution in [2.24, 2.45) is 23.7 Å². The van der Waals surface area contributed by atoms with Gasteiger partial charge >= 0.3 is 0 Å². The third-order valence-electron chi connectivity index (χ3n) is 6.79. The van der Waals surface area contributed by atoms with Crippen molar-refractivity contribution in [2.45, 2.75) is 32.1 Å². The highest BCUT2D eigenvalue weighted by Gasteiger charge is 2.46. The Hall–Kier alpha value is -1.96. The Bertz CT molecular complexity index is 818. The number of methoxy groups -OCH3 is 2. The summed E-state index contributed by atoms with van der Waals surface area (Å²) in [6.45, 7) is 0. The van der Waals surface area contributed by atoms with Gasteiger partial charge in [-0.1, -0.05) is 18.2 Å². The summed E-state index contributed by atoms with van der Waals surface area (Å²) in [5, 5.41) is 2.46. The molecule has 0 heterocycles. The molecule has 2 aromatic rings. The highest BCUT2D eigenvalue weighted by atomic mass is 16.5. The molecule has 0 amide bonds. The predicted molar refractivity (Wildman–Crippen MR) is 101 cm³/mol. The van der Waals surface area contributed by atoms with Crippen molar-refractivity contribution in [1.82, 2.24) is 0 Å². The first-order chi connectivity index (χ1) is 12.2. The zero-order chi connectivity index (χ0) is 17.0. The third-order valence-corrected chi connectivity index (χ3v) is 6.79. The van der Waals surface area contributed by atoms with Gasteiger partial charge in [-0.3, -0.25) is 0 Å². The molecular formula is C23H26O2. The number of hydrogen-bond acceptors (Lipinski definition) is 2. The first-order valence-electron chi connectivity index (χ1n) is 9.61. The van der Waals surface area contributed by atoms with Crippen molar-refractivity contribution >= 4 is 16.5 Å². The van der Waals surface area contributed by atoms with Crippen LogP contribution in [0, 0.1) is 23.7 Å². The molecule has 25 heavy (non-hydrogen) atoms. The van der Waals surface area contributed by atoms with Crippen LogP contribution < -0.4 is 4.74 Å². The quantitative estimate of drug-likeness (QED) is 0.674. The van der Waals surface area contributed by atoms with Gasteiger partial charge < -0.3 is 9.47 Å². The molecule has 0 aromatic heterocycles. The molecule has 4 saturated carbocycles. The third kappa shape index (κ3) is 2.46. The average Bonchev–Trinajstić information content (AvgIpc) is 2.63. The summed E-state index contributed by atoms with van der Waals surface area (Å²) in [6, 6.07) is 13.0. The summed E-state index contributed by atoms with van der Waals surface area (Å²) in [5.74, 6) is 5.55. The van der Waals surface area contributed by atoms with E-state index >= 15 is 0 Å². The predicted octanol–water partition coefficient (Wildman–Crippen LogP) is 5.66. The van der Waals surface area contributed by atoms with Crippen LogP contribution in [0.5, 0.6) is 5.75 Å². The van der Waals surface area contributed by atoms with E-state index in [0.29, 0.717) is 0 Å². The van der Waals surface area contributed by atoms with Gasteiger partial charge in [0.2, 0.25) is 0 Å². The largest absolute Gasteiger partial charge is 0.497 e. The Balaban J connectivity index is 1.59. The lowest BCUT2D eigenvalue weighted by Crippen LogP contribution is -2.40. The molecule has 4 bridgehead atoms. The summed E-state index contributed by atoms with van der Waals surface area (Å²) in [4.78, 5) is 0. The molecule has 6 rings (SSSR count). The molecule has 0 aliphatic heterocycles. The molecule has 4 aliphatic rings. The van der Waals surface area contributed by atoms with Gasteiger partial charge in [0, 0.05) is 5.56 Å². The zero-order valence-electron chi connectivity index (χ0n) is 15.1. The number of fused-ring (bicyclic) bond motifs is 1. The summed E-state index contributed by atoms with van der Waals surface area (Å²) in [6.07, 6.45) is 7.04. The Labute approximate surface area is 149 Å². The van der Waals surface area contributed by atoms with Crippen LogP contribution in [-0.2, 0) is 4.74 Å². The molecule has 130 valence electrons. The van der Waals surface area contributed by atoms with Crippen molar-refractivity contribution < 1.29 is 9.47 Å². The number of hydrogen-bond donors (Lipinski definition) is 0. The maximum absolute atomic E-state index is 6.01. The lowest BCUT2D eigenvalue weighted by Gasteiger charge is -2.51. The van der Waals surface area contributed by atoms with E-state index in [4.69, 9.17) is 9.47 Å². The Morgan fingerprint density at radius 3 is 2.08 bits per heavy atom. The van der Waals surface area contributed by atoms with Gasteiger partial charge in [-0.2, -0.15) is 0 Å². The van der Waals surface area contributed by atoms with Crippen molar-refractivity contribution in [3.05, 3.63) is 47.5 Å². The van der Waals surface area contributed by atoms with Crippen LogP contribution in [0.15, 0.2) is 42.0 Å². The minimum Gasteiger partial charge on any atom is -0.497 e. The van der Waals surface area contributed by atoms with Gasteiger partial charge in [-0.05, 0) is 90.3 Å². The number of allylic oxidation sites excluding steroid dienone is 1. The van der Waals surface area contributed by atoms with E-state index in [1.54, 1.807) is 12.7 Å². The molecule has 4 aliphatic carbocycles. The topological polar surface area (TPSA) is 18.5 Å². The van der Waals surface area contributed by atoms with Crippen LogP contribution in [0.4, 0.5) is 0 Å². The molecule has 0 radical (unpaired) electrons. The van der Waals surface area contributed by atoms with E-state index in [1.165, 1.54) is 48.4 Å². The van der Waals surface area contributed by atoms with Gasteiger partial charge in [0.1, 0.15) is 11.5 Å². The number of ether oxygens (including phenoxy) is 2. The second kappa shape index (κ2) is 5.79. The average molecular weight is 334 g/mol. The lowest BCUT2D eigenvalue weighted by molar-refractivity contribution is 0.0675. The van der Waals surface area contributed by atoms with E-state index in [2.05, 4.69) is 30.3 Å². The normalized spacial score (nSPS) is 29.9. The standard InChI is InChI=1S/C23H26O2/c1-24-21-6-5-16-12-18(4-3-17(16)13-21)23(25-2)22-19-8-14-7-15(10-19)11-20(22)9-14/h3-6,12-15,19-20H,7-11H2,1-2H3. The van der Waals surface area contributed by atoms with Crippen LogP contribution in [0.1, 0.15) is 37.7 Å². The van der Waals surface area contributed by atoms with Crippen molar-refractivity contribution in [2.75, 3.05) is 14.2 Å². The highest BCUT2D eigenvalue weighted by molar-refractivity contribution is 5.87. The fourth-order valence-electron chi connectivity index (χ4n) is 5.96. The molecule has 0 saturated heterocycles. The smallest absolute Gasteiger partial charge is 0.125 e. The van der Waals surface area contributed by atoms with E-state index in [1.807, 2.05) is 13.2 Å². The SMILES string of the molecule is COC(=C1C2CC3CC(C2)CC1C3)c1ccc2cc(OC)ccc2c1. The Morgan fingerprint density at radius 1 is 0.800 bits per heavy atom. The molecule has 0 N–H and O–H groups in total. The molecule has 0 spiro atoms. The molecule has 2 aromatic carbocycles. The Morgan fingerprint density at radius 2 is 1.44 bits per heavy atom. The second-order valence-electron chi connectivity index (χ2n) is 8.22. The fourth-order valence-corrected chi connectivity index (χ4v) is 5.96. The van der Waals surface area contributed by atoms with Crippen LogP contribution >= 0.6 is 0 Å². The molecular weight excluding hydrogens is 308 g/mol. The van der Waals surface area contributed by atoms with Crippen LogP contribution in [0.25, 0.3) is 16.5 Å². The van der Waals surface area contributed by atoms with Crippen LogP contribution in [0.2, 0.25) is 0 Å². The minimum atomic E-state index is 0.762. The molecule has 2 nitrogen and oxygen atoms in total. The van der Waals surface area contributed by atoms with Gasteiger partial charge in [0.05, 0.1) is 14.2 Å². The van der Waals surface area contributed by atoms with Gasteiger partial charge in [0.25, 0.3) is 0 Å². The first kappa shape index (κ1) is 15.3. The molecule has 2 heteroatoms. The molecule has 0 atom stereocenters. The van der Waals surface area contributed by atoms with Crippen molar-refractivity contribution in [1.29, 1.82) is 0 Å². The van der Waals surface area contributed by atoms with Crippen molar-refractivity contribution in [3.63, 3.8) is 0 Å². The summed E-state index contributed by atoms with van der Waals surface area (Å²) >= 11 is 0. The molecule has 4 fully saturated rings. The second-order valence-corrected chi connectivity index (χ2v) is 8.22. The van der Waals surface area contributed by atoms with Crippen LogP contribution in [0.3, 0.4) is 0 Å². The monoisotopic (exact) mass is 334 g/mol. The lowest BCUT2D eigenvalue weighted by atomic mass is 9.54. The Kier molecular flexibility index (Phi) is 3.55. The van der Waals surface area contributed by atoms with E-state index in [9.17, 15) is 0 Å². The van der Waals surface area contributed by atoms with E-state index in [0.717, 1.165) is 35.2 Å². The van der Waals surface area contributed by atoms with Gasteiger partial charge in [0.15, 0.2) is 0 Å². The van der Waals surface area contributed by atoms with Gasteiger partial charge in [-0.25, -0.2) is 0 Å². The summed E-state index contributed by atoms with van der Waals surface area (Å²) in [7, 11) is 3.57. The minimum absolute atomic E-state index is 0.762. The van der Waals surface area contributed by atoms with Gasteiger partial charge in [-0.15, -0.1) is 0 Å². The van der Waals surface area contributed by atoms with Crippen LogP contribution in [-0.4, -0.2) is 14.2 Å². The summed E-state index contributed by atoms with van der Waals surface area (Å²) < 4.78 is 11.4. The fraction of sp³-hybridized carbons (Fsp3) is 0.478. The summed E-state index contributed by atoms with van der Waals surface area (Å²) in [5.41, 5.74) is 2.87. The first-order valence-corrected chi connectivity index (χ1v) is 9.61. The van der Waals surface area contributed by atoms with Crippen molar-refractivity contribution in [3.8, 4) is 5.75 Å². The number of rotatable bonds is 3. The maximum Gasteiger partial charge on any atom is 0.125 e.